The van der Waals surface area contributed by atoms with E-state index >= 15 is 0 Å². The van der Waals surface area contributed by atoms with E-state index in [0.29, 0.717) is 5.56 Å². The van der Waals surface area contributed by atoms with Crippen LogP contribution in [0.25, 0.3) is 0 Å². The van der Waals surface area contributed by atoms with Gasteiger partial charge in [-0.2, -0.15) is 5.26 Å². The standard InChI is InChI=1S/C10H12N4/c1-2-8-5-7(6-11)3-4-9(8)14-10(12)13/h3-5H,2H2,1H3,(H4,12,13,14). The zero-order chi connectivity index (χ0) is 10.6. The Kier molecular flexibility index (Phi) is 3.08. The van der Waals surface area contributed by atoms with Crippen LogP contribution in [0.3, 0.4) is 0 Å². The van der Waals surface area contributed by atoms with Crippen LogP contribution in [0.2, 0.25) is 0 Å². The van der Waals surface area contributed by atoms with Crippen LogP contribution >= 0.6 is 0 Å². The smallest absolute Gasteiger partial charge is 0.191 e. The molecule has 0 aliphatic carbocycles. The van der Waals surface area contributed by atoms with Crippen LogP contribution in [-0.2, 0) is 6.42 Å². The minimum Gasteiger partial charge on any atom is -0.370 e. The van der Waals surface area contributed by atoms with E-state index in [0.717, 1.165) is 17.7 Å². The number of nitrogens with two attached hydrogens (primary N) is 2. The molecule has 0 aromatic heterocycles. The van der Waals surface area contributed by atoms with E-state index in [1.54, 1.807) is 18.2 Å². The van der Waals surface area contributed by atoms with Crippen molar-refractivity contribution in [1.82, 2.24) is 0 Å². The van der Waals surface area contributed by atoms with Crippen molar-refractivity contribution < 1.29 is 0 Å². The summed E-state index contributed by atoms with van der Waals surface area (Å²) >= 11 is 0. The van der Waals surface area contributed by atoms with Crippen molar-refractivity contribution in [3.05, 3.63) is 29.3 Å². The van der Waals surface area contributed by atoms with E-state index in [-0.39, 0.29) is 5.96 Å². The third kappa shape index (κ3) is 2.23. The molecule has 0 spiro atoms. The van der Waals surface area contributed by atoms with E-state index in [1.807, 2.05) is 6.92 Å². The van der Waals surface area contributed by atoms with E-state index in [1.165, 1.54) is 0 Å². The number of nitriles is 1. The second kappa shape index (κ2) is 4.28. The van der Waals surface area contributed by atoms with E-state index in [2.05, 4.69) is 11.1 Å². The van der Waals surface area contributed by atoms with Gasteiger partial charge in [0.1, 0.15) is 0 Å². The molecule has 0 amide bonds. The molecule has 0 radical (unpaired) electrons. The number of nitrogens with zero attached hydrogens (tertiary/aromatic N) is 2. The fourth-order valence-corrected chi connectivity index (χ4v) is 1.19. The van der Waals surface area contributed by atoms with Crippen molar-refractivity contribution in [3.8, 4) is 6.07 Å². The highest BCUT2D eigenvalue weighted by molar-refractivity contribution is 5.79. The van der Waals surface area contributed by atoms with Crippen molar-refractivity contribution in [2.24, 2.45) is 16.5 Å². The highest BCUT2D eigenvalue weighted by Gasteiger charge is 2.01. The lowest BCUT2D eigenvalue weighted by atomic mass is 10.1. The number of aliphatic imine (C=N–C) groups is 1. The number of hydrogen-bond donors (Lipinski definition) is 2. The number of aryl methyl sites for hydroxylation is 1. The monoisotopic (exact) mass is 188 g/mol. The van der Waals surface area contributed by atoms with Gasteiger partial charge in [-0.1, -0.05) is 6.92 Å². The molecular weight excluding hydrogens is 176 g/mol. The largest absolute Gasteiger partial charge is 0.370 e. The van der Waals surface area contributed by atoms with Gasteiger partial charge < -0.3 is 11.5 Å². The molecule has 4 nitrogen and oxygen atoms in total. The summed E-state index contributed by atoms with van der Waals surface area (Å²) in [6.45, 7) is 1.99. The molecule has 1 aromatic carbocycles. The van der Waals surface area contributed by atoms with Gasteiger partial charge in [0.15, 0.2) is 5.96 Å². The maximum absolute atomic E-state index is 8.70. The first-order chi connectivity index (χ1) is 6.67. The lowest BCUT2D eigenvalue weighted by molar-refractivity contribution is 1.13. The van der Waals surface area contributed by atoms with Gasteiger partial charge in [0.25, 0.3) is 0 Å². The summed E-state index contributed by atoms with van der Waals surface area (Å²) in [6, 6.07) is 7.31. The van der Waals surface area contributed by atoms with Crippen LogP contribution < -0.4 is 11.5 Å². The molecule has 0 heterocycles. The second-order valence-corrected chi connectivity index (χ2v) is 2.85. The number of hydrogen-bond acceptors (Lipinski definition) is 2. The fraction of sp³-hybridized carbons (Fsp3) is 0.200. The minimum atomic E-state index is 0.0319. The van der Waals surface area contributed by atoms with Gasteiger partial charge in [-0.3, -0.25) is 0 Å². The van der Waals surface area contributed by atoms with Gasteiger partial charge in [0.2, 0.25) is 0 Å². The Labute approximate surface area is 82.9 Å². The second-order valence-electron chi connectivity index (χ2n) is 2.85. The van der Waals surface area contributed by atoms with Crippen LogP contribution in [0.5, 0.6) is 0 Å². The summed E-state index contributed by atoms with van der Waals surface area (Å²) in [7, 11) is 0. The van der Waals surface area contributed by atoms with Crippen molar-refractivity contribution in [3.63, 3.8) is 0 Å². The lowest BCUT2D eigenvalue weighted by Crippen LogP contribution is -2.22. The van der Waals surface area contributed by atoms with Gasteiger partial charge >= 0.3 is 0 Å². The average Bonchev–Trinajstić information content (AvgIpc) is 2.17. The Hall–Kier alpha value is -2.02. The van der Waals surface area contributed by atoms with Crippen LogP contribution in [0, 0.1) is 11.3 Å². The number of rotatable bonds is 2. The lowest BCUT2D eigenvalue weighted by Gasteiger charge is -2.03. The van der Waals surface area contributed by atoms with Crippen molar-refractivity contribution in [1.29, 1.82) is 5.26 Å². The Morgan fingerprint density at radius 3 is 2.71 bits per heavy atom. The van der Waals surface area contributed by atoms with Crippen molar-refractivity contribution in [2.75, 3.05) is 0 Å². The predicted molar refractivity (Wildman–Crippen MR) is 56.0 cm³/mol. The SMILES string of the molecule is CCc1cc(C#N)ccc1N=C(N)N. The molecule has 0 aliphatic heterocycles. The van der Waals surface area contributed by atoms with Crippen LogP contribution in [0.1, 0.15) is 18.1 Å². The molecule has 1 rings (SSSR count). The van der Waals surface area contributed by atoms with E-state index < -0.39 is 0 Å². The fourth-order valence-electron chi connectivity index (χ4n) is 1.19. The number of benzene rings is 1. The molecule has 0 atom stereocenters. The molecule has 0 unspecified atom stereocenters. The van der Waals surface area contributed by atoms with Gasteiger partial charge in [-0.15, -0.1) is 0 Å². The average molecular weight is 188 g/mol. The third-order valence-corrected chi connectivity index (χ3v) is 1.84. The summed E-state index contributed by atoms with van der Waals surface area (Å²) < 4.78 is 0. The van der Waals surface area contributed by atoms with Crippen LogP contribution in [0.15, 0.2) is 23.2 Å². The Balaban J connectivity index is 3.20. The normalized spacial score (nSPS) is 9.14. The molecule has 4 heteroatoms. The Morgan fingerprint density at radius 2 is 2.21 bits per heavy atom. The first-order valence-corrected chi connectivity index (χ1v) is 4.30. The van der Waals surface area contributed by atoms with E-state index in [4.69, 9.17) is 16.7 Å². The zero-order valence-corrected chi connectivity index (χ0v) is 7.99. The minimum absolute atomic E-state index is 0.0319. The summed E-state index contributed by atoms with van der Waals surface area (Å²) in [5.41, 5.74) is 12.9. The number of guanidine groups is 1. The molecule has 72 valence electrons. The molecule has 1 aromatic rings. The first-order valence-electron chi connectivity index (χ1n) is 4.30. The zero-order valence-electron chi connectivity index (χ0n) is 7.99. The first kappa shape index (κ1) is 10.1. The third-order valence-electron chi connectivity index (χ3n) is 1.84. The van der Waals surface area contributed by atoms with Gasteiger partial charge in [-0.05, 0) is 30.2 Å². The van der Waals surface area contributed by atoms with Gasteiger partial charge in [0.05, 0.1) is 17.3 Å². The molecule has 0 saturated carbocycles. The Bertz CT molecular complexity index is 397. The summed E-state index contributed by atoms with van der Waals surface area (Å²) in [5.74, 6) is 0.0319. The molecule has 0 bridgehead atoms. The highest BCUT2D eigenvalue weighted by atomic mass is 15.0. The van der Waals surface area contributed by atoms with Crippen molar-refractivity contribution in [2.45, 2.75) is 13.3 Å². The topological polar surface area (TPSA) is 88.2 Å². The quantitative estimate of drug-likeness (QED) is 0.536. The van der Waals surface area contributed by atoms with E-state index in [9.17, 15) is 0 Å². The summed E-state index contributed by atoms with van der Waals surface area (Å²) in [5, 5.41) is 8.70. The molecule has 0 saturated heterocycles. The van der Waals surface area contributed by atoms with Gasteiger partial charge in [0, 0.05) is 0 Å². The maximum atomic E-state index is 8.70. The maximum Gasteiger partial charge on any atom is 0.191 e. The highest BCUT2D eigenvalue weighted by Crippen LogP contribution is 2.20. The Morgan fingerprint density at radius 1 is 1.50 bits per heavy atom. The molecule has 4 N–H and O–H groups in total. The predicted octanol–water partition coefficient (Wildman–Crippen LogP) is 1.03. The van der Waals surface area contributed by atoms with Gasteiger partial charge in [-0.25, -0.2) is 4.99 Å². The summed E-state index contributed by atoms with van der Waals surface area (Å²) in [6.07, 6.45) is 0.793. The molecule has 0 aliphatic rings. The molecule has 0 fully saturated rings. The van der Waals surface area contributed by atoms with Crippen molar-refractivity contribution >= 4 is 11.6 Å². The summed E-state index contributed by atoms with van der Waals surface area (Å²) in [4.78, 5) is 3.97. The molecule has 14 heavy (non-hydrogen) atoms. The van der Waals surface area contributed by atoms with Crippen LogP contribution in [-0.4, -0.2) is 5.96 Å². The molecular formula is C10H12N4. The van der Waals surface area contributed by atoms with Crippen LogP contribution in [0.4, 0.5) is 5.69 Å².